The van der Waals surface area contributed by atoms with Gasteiger partial charge in [0.15, 0.2) is 0 Å². The van der Waals surface area contributed by atoms with E-state index in [9.17, 15) is 14.7 Å². The van der Waals surface area contributed by atoms with Crippen molar-refractivity contribution in [3.05, 3.63) is 42.2 Å². The van der Waals surface area contributed by atoms with Crippen LogP contribution in [-0.4, -0.2) is 50.0 Å². The van der Waals surface area contributed by atoms with Crippen molar-refractivity contribution in [1.82, 2.24) is 19.9 Å². The molecule has 0 unspecified atom stereocenters. The molecule has 2 aromatic rings. The van der Waals surface area contributed by atoms with Crippen LogP contribution in [0.15, 0.2) is 36.7 Å². The molecule has 2 atom stereocenters. The lowest BCUT2D eigenvalue weighted by molar-refractivity contribution is -0.149. The molecule has 1 aromatic carbocycles. The van der Waals surface area contributed by atoms with Crippen LogP contribution in [0.2, 0.25) is 0 Å². The van der Waals surface area contributed by atoms with Crippen LogP contribution in [0.25, 0.3) is 5.69 Å². The minimum atomic E-state index is -0.762. The molecule has 1 amide bonds. The Bertz CT molecular complexity index is 772. The maximum Gasteiger partial charge on any atom is 0.311 e. The summed E-state index contributed by atoms with van der Waals surface area (Å²) in [5.41, 5.74) is 0.653. The molecule has 0 radical (unpaired) electrons. The van der Waals surface area contributed by atoms with Gasteiger partial charge in [-0.3, -0.25) is 9.59 Å². The molecular weight excluding hydrogens is 308 g/mol. The maximum atomic E-state index is 12.7. The zero-order chi connectivity index (χ0) is 16.7. The Hall–Kier alpha value is -2.70. The van der Waals surface area contributed by atoms with Gasteiger partial charge in [0.25, 0.3) is 5.91 Å². The van der Waals surface area contributed by atoms with Crippen molar-refractivity contribution in [1.29, 1.82) is 0 Å². The predicted molar refractivity (Wildman–Crippen MR) is 84.7 cm³/mol. The van der Waals surface area contributed by atoms with Crippen LogP contribution in [0.4, 0.5) is 0 Å². The van der Waals surface area contributed by atoms with Gasteiger partial charge in [-0.1, -0.05) is 11.6 Å². The largest absolute Gasteiger partial charge is 0.481 e. The highest BCUT2D eigenvalue weighted by molar-refractivity contribution is 5.95. The number of fused-ring (bicyclic) bond motifs is 1. The minimum absolute atomic E-state index is 0.0772. The quantitative estimate of drug-likeness (QED) is 0.925. The van der Waals surface area contributed by atoms with Crippen LogP contribution in [0, 0.1) is 11.3 Å². The zero-order valence-electron chi connectivity index (χ0n) is 13.1. The third-order valence-electron chi connectivity index (χ3n) is 5.39. The van der Waals surface area contributed by atoms with Gasteiger partial charge in [0.1, 0.15) is 0 Å². The molecule has 24 heavy (non-hydrogen) atoms. The maximum absolute atomic E-state index is 12.7. The van der Waals surface area contributed by atoms with Crippen LogP contribution in [0.1, 0.15) is 29.6 Å². The van der Waals surface area contributed by atoms with Crippen molar-refractivity contribution < 1.29 is 14.7 Å². The lowest BCUT2D eigenvalue weighted by atomic mass is 9.81. The van der Waals surface area contributed by atoms with E-state index < -0.39 is 11.4 Å². The highest BCUT2D eigenvalue weighted by atomic mass is 16.4. The van der Waals surface area contributed by atoms with E-state index in [4.69, 9.17) is 0 Å². The van der Waals surface area contributed by atoms with Gasteiger partial charge in [-0.05, 0) is 43.0 Å². The first-order valence-corrected chi connectivity index (χ1v) is 8.09. The molecule has 1 saturated carbocycles. The molecule has 1 aliphatic heterocycles. The number of rotatable bonds is 3. The molecule has 1 saturated heterocycles. The smallest absolute Gasteiger partial charge is 0.311 e. The van der Waals surface area contributed by atoms with Gasteiger partial charge in [-0.15, -0.1) is 5.10 Å². The SMILES string of the molecule is O=C(c1ccc(-n2ccnn2)cc1)N1C[C@@H]2CCC[C@@]2(C(=O)O)C1. The summed E-state index contributed by atoms with van der Waals surface area (Å²) in [6.07, 6.45) is 5.82. The monoisotopic (exact) mass is 326 g/mol. The molecule has 2 fully saturated rings. The third kappa shape index (κ3) is 2.19. The van der Waals surface area contributed by atoms with Crippen LogP contribution < -0.4 is 0 Å². The number of carboxylic acid groups (broad SMARTS) is 1. The molecule has 2 heterocycles. The van der Waals surface area contributed by atoms with Crippen LogP contribution in [0.5, 0.6) is 0 Å². The van der Waals surface area contributed by atoms with Crippen LogP contribution in [0.3, 0.4) is 0 Å². The van der Waals surface area contributed by atoms with E-state index in [2.05, 4.69) is 10.3 Å². The fraction of sp³-hybridized carbons (Fsp3) is 0.412. The number of amides is 1. The van der Waals surface area contributed by atoms with E-state index in [1.54, 1.807) is 34.1 Å². The number of aromatic nitrogens is 3. The summed E-state index contributed by atoms with van der Waals surface area (Å²) in [4.78, 5) is 26.2. The Morgan fingerprint density at radius 2 is 2.04 bits per heavy atom. The molecule has 4 rings (SSSR count). The highest BCUT2D eigenvalue weighted by Gasteiger charge is 2.55. The lowest BCUT2D eigenvalue weighted by Crippen LogP contribution is -2.37. The number of carboxylic acids is 1. The summed E-state index contributed by atoms with van der Waals surface area (Å²) in [5, 5.41) is 17.3. The van der Waals surface area contributed by atoms with Crippen molar-refractivity contribution in [2.45, 2.75) is 19.3 Å². The predicted octanol–water partition coefficient (Wildman–Crippen LogP) is 1.59. The molecule has 1 aromatic heterocycles. The molecule has 7 heteroatoms. The Morgan fingerprint density at radius 1 is 1.25 bits per heavy atom. The van der Waals surface area contributed by atoms with Crippen molar-refractivity contribution in [3.63, 3.8) is 0 Å². The minimum Gasteiger partial charge on any atom is -0.481 e. The Kier molecular flexibility index (Phi) is 3.37. The van der Waals surface area contributed by atoms with Crippen molar-refractivity contribution in [3.8, 4) is 5.69 Å². The second-order valence-electron chi connectivity index (χ2n) is 6.63. The number of nitrogens with zero attached hydrogens (tertiary/aromatic N) is 4. The summed E-state index contributed by atoms with van der Waals surface area (Å²) in [6, 6.07) is 7.12. The number of carbonyl (C=O) groups excluding carboxylic acids is 1. The van der Waals surface area contributed by atoms with E-state index >= 15 is 0 Å². The van der Waals surface area contributed by atoms with Crippen molar-refractivity contribution >= 4 is 11.9 Å². The normalized spacial score (nSPS) is 25.7. The zero-order valence-corrected chi connectivity index (χ0v) is 13.1. The van der Waals surface area contributed by atoms with Gasteiger partial charge in [-0.25, -0.2) is 4.68 Å². The van der Waals surface area contributed by atoms with Gasteiger partial charge in [0.2, 0.25) is 0 Å². The first-order chi connectivity index (χ1) is 11.6. The van der Waals surface area contributed by atoms with E-state index in [-0.39, 0.29) is 11.8 Å². The fourth-order valence-corrected chi connectivity index (χ4v) is 4.08. The average Bonchev–Trinajstić information content (AvgIpc) is 3.29. The van der Waals surface area contributed by atoms with Gasteiger partial charge in [-0.2, -0.15) is 0 Å². The van der Waals surface area contributed by atoms with Gasteiger partial charge in [0.05, 0.1) is 23.5 Å². The molecule has 124 valence electrons. The summed E-state index contributed by atoms with van der Waals surface area (Å²) < 4.78 is 1.62. The number of benzene rings is 1. The molecule has 0 bridgehead atoms. The topological polar surface area (TPSA) is 88.3 Å². The molecule has 1 N–H and O–H groups in total. The van der Waals surface area contributed by atoms with Crippen molar-refractivity contribution in [2.24, 2.45) is 11.3 Å². The summed E-state index contributed by atoms with van der Waals surface area (Å²) in [7, 11) is 0. The van der Waals surface area contributed by atoms with E-state index in [0.717, 1.165) is 18.5 Å². The lowest BCUT2D eigenvalue weighted by Gasteiger charge is -2.23. The van der Waals surface area contributed by atoms with Gasteiger partial charge < -0.3 is 10.0 Å². The molecular formula is C17H18N4O3. The van der Waals surface area contributed by atoms with Crippen molar-refractivity contribution in [2.75, 3.05) is 13.1 Å². The molecule has 7 nitrogen and oxygen atoms in total. The average molecular weight is 326 g/mol. The molecule has 1 aliphatic carbocycles. The first kappa shape index (κ1) is 14.9. The summed E-state index contributed by atoms with van der Waals surface area (Å²) >= 11 is 0. The first-order valence-electron chi connectivity index (χ1n) is 8.09. The van der Waals surface area contributed by atoms with E-state index in [1.165, 1.54) is 0 Å². The highest BCUT2D eigenvalue weighted by Crippen LogP contribution is 2.49. The second kappa shape index (κ2) is 5.43. The Balaban J connectivity index is 1.53. The number of hydrogen-bond acceptors (Lipinski definition) is 4. The van der Waals surface area contributed by atoms with E-state index in [0.29, 0.717) is 25.1 Å². The summed E-state index contributed by atoms with van der Waals surface area (Å²) in [6.45, 7) is 0.854. The fourth-order valence-electron chi connectivity index (χ4n) is 4.08. The summed E-state index contributed by atoms with van der Waals surface area (Å²) in [5.74, 6) is -0.787. The second-order valence-corrected chi connectivity index (χ2v) is 6.63. The molecule has 2 aliphatic rings. The number of likely N-dealkylation sites (tertiary alicyclic amines) is 1. The van der Waals surface area contributed by atoms with Crippen LogP contribution >= 0.6 is 0 Å². The Labute approximate surface area is 138 Å². The Morgan fingerprint density at radius 3 is 2.67 bits per heavy atom. The number of hydrogen-bond donors (Lipinski definition) is 1. The van der Waals surface area contributed by atoms with E-state index in [1.807, 2.05) is 12.1 Å². The standard InChI is InChI=1S/C17H18N4O3/c22-15(12-3-5-14(6-4-12)21-9-8-18-19-21)20-10-13-2-1-7-17(13,11-20)16(23)24/h3-6,8-9,13H,1-2,7,10-11H2,(H,23,24)/t13-,17+/m0/s1. The third-order valence-corrected chi connectivity index (χ3v) is 5.39. The number of carbonyl (C=O) groups is 2. The van der Waals surface area contributed by atoms with Gasteiger partial charge >= 0.3 is 5.97 Å². The number of aliphatic carboxylic acids is 1. The van der Waals surface area contributed by atoms with Crippen LogP contribution in [-0.2, 0) is 4.79 Å². The molecule has 0 spiro atoms. The van der Waals surface area contributed by atoms with Gasteiger partial charge in [0, 0.05) is 18.7 Å².